The molecule has 6 heteroatoms. The van der Waals surface area contributed by atoms with Crippen LogP contribution in [0, 0.1) is 11.3 Å². The van der Waals surface area contributed by atoms with Gasteiger partial charge in [0, 0.05) is 0 Å². The topological polar surface area (TPSA) is 96.0 Å². The third-order valence-electron chi connectivity index (χ3n) is 3.04. The first-order valence-electron chi connectivity index (χ1n) is 6.05. The largest absolute Gasteiger partial charge is 0.386 e. The summed E-state index contributed by atoms with van der Waals surface area (Å²) in [5.41, 5.74) is 4.59. The Morgan fingerprint density at radius 1 is 1.35 bits per heavy atom. The van der Waals surface area contributed by atoms with E-state index in [1.165, 1.54) is 0 Å². The highest BCUT2D eigenvalue weighted by molar-refractivity contribution is 7.89. The highest BCUT2D eigenvalue weighted by Crippen LogP contribution is 2.17. The van der Waals surface area contributed by atoms with Crippen molar-refractivity contribution in [2.75, 3.05) is 5.75 Å². The average molecular weight is 263 g/mol. The van der Waals surface area contributed by atoms with Crippen LogP contribution in [0.4, 0.5) is 0 Å². The second kappa shape index (κ2) is 6.35. The van der Waals surface area contributed by atoms with Crippen LogP contribution in [0.3, 0.4) is 0 Å². The third kappa shape index (κ3) is 5.04. The van der Waals surface area contributed by atoms with E-state index in [-0.39, 0.29) is 11.6 Å². The molecule has 0 saturated heterocycles. The van der Waals surface area contributed by atoms with E-state index < -0.39 is 15.6 Å². The minimum absolute atomic E-state index is 0.0830. The second-order valence-corrected chi connectivity index (χ2v) is 6.65. The highest BCUT2D eigenvalue weighted by Gasteiger charge is 2.34. The minimum Gasteiger partial charge on any atom is -0.386 e. The average Bonchev–Trinajstić information content (AvgIpc) is 2.23. The van der Waals surface area contributed by atoms with E-state index in [0.717, 1.165) is 0 Å². The SMILES string of the molecule is CCC(CC)(NS(=O)(=O)CCC(C)C)C(=N)N. The summed E-state index contributed by atoms with van der Waals surface area (Å²) in [4.78, 5) is 0. The van der Waals surface area contributed by atoms with E-state index in [9.17, 15) is 8.42 Å². The van der Waals surface area contributed by atoms with Gasteiger partial charge in [0.25, 0.3) is 0 Å². The van der Waals surface area contributed by atoms with Gasteiger partial charge in [-0.2, -0.15) is 0 Å². The Morgan fingerprint density at radius 3 is 2.12 bits per heavy atom. The van der Waals surface area contributed by atoms with Gasteiger partial charge in [0.2, 0.25) is 10.0 Å². The molecule has 102 valence electrons. The van der Waals surface area contributed by atoms with E-state index in [1.807, 2.05) is 27.7 Å². The zero-order valence-electron chi connectivity index (χ0n) is 11.2. The van der Waals surface area contributed by atoms with Crippen molar-refractivity contribution in [3.05, 3.63) is 0 Å². The van der Waals surface area contributed by atoms with Crippen LogP contribution in [-0.4, -0.2) is 25.5 Å². The molecule has 0 unspecified atom stereocenters. The Kier molecular flexibility index (Phi) is 6.12. The molecule has 0 amide bonds. The first-order chi connectivity index (χ1) is 7.69. The maximum Gasteiger partial charge on any atom is 0.212 e. The van der Waals surface area contributed by atoms with Crippen molar-refractivity contribution in [2.45, 2.75) is 52.5 Å². The molecule has 0 rings (SSSR count). The van der Waals surface area contributed by atoms with Crippen LogP contribution >= 0.6 is 0 Å². The molecule has 0 fully saturated rings. The van der Waals surface area contributed by atoms with Crippen LogP contribution in [0.2, 0.25) is 0 Å². The minimum atomic E-state index is -3.37. The molecule has 4 N–H and O–H groups in total. The summed E-state index contributed by atoms with van der Waals surface area (Å²) in [6, 6.07) is 0. The van der Waals surface area contributed by atoms with Crippen LogP contribution in [0.1, 0.15) is 47.0 Å². The Labute approximate surface area is 105 Å². The van der Waals surface area contributed by atoms with E-state index in [4.69, 9.17) is 11.1 Å². The van der Waals surface area contributed by atoms with Crippen LogP contribution in [-0.2, 0) is 10.0 Å². The number of rotatable bonds is 8. The highest BCUT2D eigenvalue weighted by atomic mass is 32.2. The molecule has 0 aromatic heterocycles. The maximum atomic E-state index is 11.9. The second-order valence-electron chi connectivity index (χ2n) is 4.81. The van der Waals surface area contributed by atoms with E-state index in [2.05, 4.69) is 4.72 Å². The fraction of sp³-hybridized carbons (Fsp3) is 0.909. The van der Waals surface area contributed by atoms with Crippen LogP contribution in [0.5, 0.6) is 0 Å². The summed E-state index contributed by atoms with van der Waals surface area (Å²) < 4.78 is 26.4. The van der Waals surface area contributed by atoms with Crippen LogP contribution in [0.15, 0.2) is 0 Å². The van der Waals surface area contributed by atoms with Gasteiger partial charge in [0.15, 0.2) is 0 Å². The summed E-state index contributed by atoms with van der Waals surface area (Å²) in [6.07, 6.45) is 1.58. The van der Waals surface area contributed by atoms with Crippen molar-refractivity contribution in [3.8, 4) is 0 Å². The number of nitrogens with two attached hydrogens (primary N) is 1. The molecular weight excluding hydrogens is 238 g/mol. The Balaban J connectivity index is 4.82. The molecule has 17 heavy (non-hydrogen) atoms. The molecule has 0 aliphatic heterocycles. The monoisotopic (exact) mass is 263 g/mol. The predicted molar refractivity (Wildman–Crippen MR) is 71.6 cm³/mol. The molecule has 0 heterocycles. The Morgan fingerprint density at radius 2 is 1.82 bits per heavy atom. The van der Waals surface area contributed by atoms with E-state index >= 15 is 0 Å². The van der Waals surface area contributed by atoms with Crippen molar-refractivity contribution >= 4 is 15.9 Å². The Hall–Kier alpha value is -0.620. The van der Waals surface area contributed by atoms with Crippen molar-refractivity contribution in [2.24, 2.45) is 11.7 Å². The molecule has 0 aromatic carbocycles. The smallest absolute Gasteiger partial charge is 0.212 e. The van der Waals surface area contributed by atoms with Crippen molar-refractivity contribution in [3.63, 3.8) is 0 Å². The normalized spacial score (nSPS) is 13.0. The van der Waals surface area contributed by atoms with Gasteiger partial charge in [0.05, 0.1) is 11.3 Å². The standard InChI is InChI=1S/C11H25N3O2S/c1-5-11(6-2,10(12)13)14-17(15,16)8-7-9(3)4/h9,14H,5-8H2,1-4H3,(H3,12,13). The summed E-state index contributed by atoms with van der Waals surface area (Å²) in [6.45, 7) is 7.62. The first-order valence-corrected chi connectivity index (χ1v) is 7.70. The molecule has 0 aliphatic rings. The summed E-state index contributed by atoms with van der Waals surface area (Å²) in [5.74, 6) is 0.303. The summed E-state index contributed by atoms with van der Waals surface area (Å²) >= 11 is 0. The molecule has 0 radical (unpaired) electrons. The van der Waals surface area contributed by atoms with Crippen molar-refractivity contribution in [1.82, 2.24) is 4.72 Å². The fourth-order valence-electron chi connectivity index (χ4n) is 1.57. The maximum absolute atomic E-state index is 11.9. The number of sulfonamides is 1. The van der Waals surface area contributed by atoms with Gasteiger partial charge in [-0.3, -0.25) is 5.41 Å². The van der Waals surface area contributed by atoms with E-state index in [0.29, 0.717) is 25.2 Å². The first kappa shape index (κ1) is 16.4. The molecule has 0 bridgehead atoms. The summed E-state index contributed by atoms with van der Waals surface area (Å²) in [7, 11) is -3.37. The Bertz CT molecular complexity index is 346. The lowest BCUT2D eigenvalue weighted by Gasteiger charge is -2.31. The molecule has 0 aliphatic carbocycles. The van der Waals surface area contributed by atoms with Crippen molar-refractivity contribution in [1.29, 1.82) is 5.41 Å². The van der Waals surface area contributed by atoms with Gasteiger partial charge in [-0.1, -0.05) is 27.7 Å². The van der Waals surface area contributed by atoms with Gasteiger partial charge >= 0.3 is 0 Å². The van der Waals surface area contributed by atoms with Crippen molar-refractivity contribution < 1.29 is 8.42 Å². The van der Waals surface area contributed by atoms with Crippen LogP contribution in [0.25, 0.3) is 0 Å². The summed E-state index contributed by atoms with van der Waals surface area (Å²) in [5, 5.41) is 7.55. The van der Waals surface area contributed by atoms with E-state index in [1.54, 1.807) is 0 Å². The molecule has 5 nitrogen and oxygen atoms in total. The number of hydrogen-bond acceptors (Lipinski definition) is 3. The zero-order valence-corrected chi connectivity index (χ0v) is 12.0. The number of hydrogen-bond donors (Lipinski definition) is 3. The lowest BCUT2D eigenvalue weighted by molar-refractivity contribution is 0.456. The van der Waals surface area contributed by atoms with Gasteiger partial charge < -0.3 is 5.73 Å². The molecule has 0 atom stereocenters. The number of amidine groups is 1. The van der Waals surface area contributed by atoms with Gasteiger partial charge in [-0.05, 0) is 25.2 Å². The lowest BCUT2D eigenvalue weighted by atomic mass is 9.93. The zero-order chi connectivity index (χ0) is 13.7. The van der Waals surface area contributed by atoms with Gasteiger partial charge in [-0.25, -0.2) is 13.1 Å². The van der Waals surface area contributed by atoms with Crippen LogP contribution < -0.4 is 10.5 Å². The molecule has 0 aromatic rings. The fourth-order valence-corrected chi connectivity index (χ4v) is 3.45. The molecular formula is C11H25N3O2S. The van der Waals surface area contributed by atoms with Gasteiger partial charge in [-0.15, -0.1) is 0 Å². The molecule has 0 spiro atoms. The lowest BCUT2D eigenvalue weighted by Crippen LogP contribution is -2.56. The third-order valence-corrected chi connectivity index (χ3v) is 4.51. The molecule has 0 saturated carbocycles. The number of nitrogens with one attached hydrogen (secondary N) is 2. The van der Waals surface area contributed by atoms with Gasteiger partial charge in [0.1, 0.15) is 5.84 Å². The quantitative estimate of drug-likeness (QED) is 0.457. The predicted octanol–water partition coefficient (Wildman–Crippen LogP) is 1.45.